The molecule has 31 heavy (non-hydrogen) atoms. The third-order valence-corrected chi connectivity index (χ3v) is 6.01. The van der Waals surface area contributed by atoms with Crippen molar-refractivity contribution < 1.29 is 14.7 Å². The van der Waals surface area contributed by atoms with Gasteiger partial charge in [-0.1, -0.05) is 24.3 Å². The molecule has 2 amide bonds. The molecule has 2 aromatic heterocycles. The SMILES string of the molecule is CC(=O)N1CCN(c2cccnc2C(=O)Nc2nc(-c3ccccc3CO)cs2)CC1. The van der Waals surface area contributed by atoms with Crippen LogP contribution in [-0.2, 0) is 11.4 Å². The van der Waals surface area contributed by atoms with E-state index in [1.807, 2.05) is 35.7 Å². The van der Waals surface area contributed by atoms with Gasteiger partial charge in [-0.3, -0.25) is 14.9 Å². The fourth-order valence-electron chi connectivity index (χ4n) is 3.61. The number of hydrogen-bond donors (Lipinski definition) is 2. The summed E-state index contributed by atoms with van der Waals surface area (Å²) in [6.45, 7) is 4.01. The Bertz CT molecular complexity index is 1090. The Balaban J connectivity index is 1.50. The Labute approximate surface area is 184 Å². The van der Waals surface area contributed by atoms with Crippen LogP contribution < -0.4 is 10.2 Å². The molecule has 1 saturated heterocycles. The lowest BCUT2D eigenvalue weighted by molar-refractivity contribution is -0.129. The summed E-state index contributed by atoms with van der Waals surface area (Å²) in [5.74, 6) is -0.271. The van der Waals surface area contributed by atoms with Gasteiger partial charge in [-0.05, 0) is 17.7 Å². The van der Waals surface area contributed by atoms with E-state index < -0.39 is 0 Å². The van der Waals surface area contributed by atoms with Crippen LogP contribution in [0.25, 0.3) is 11.3 Å². The van der Waals surface area contributed by atoms with Crippen LogP contribution in [-0.4, -0.2) is 58.0 Å². The summed E-state index contributed by atoms with van der Waals surface area (Å²) in [6.07, 6.45) is 1.59. The Morgan fingerprint density at radius 3 is 2.65 bits per heavy atom. The lowest BCUT2D eigenvalue weighted by Gasteiger charge is -2.36. The molecule has 0 spiro atoms. The largest absolute Gasteiger partial charge is 0.392 e. The number of amides is 2. The summed E-state index contributed by atoms with van der Waals surface area (Å²) in [7, 11) is 0. The summed E-state index contributed by atoms with van der Waals surface area (Å²) in [5, 5.41) is 14.7. The quantitative estimate of drug-likeness (QED) is 0.637. The predicted molar refractivity (Wildman–Crippen MR) is 120 cm³/mol. The molecular formula is C22H23N5O3S. The molecule has 0 unspecified atom stereocenters. The van der Waals surface area contributed by atoms with Gasteiger partial charge in [0.2, 0.25) is 5.91 Å². The number of carbonyl (C=O) groups is 2. The van der Waals surface area contributed by atoms with E-state index in [1.165, 1.54) is 11.3 Å². The van der Waals surface area contributed by atoms with Crippen molar-refractivity contribution in [3.8, 4) is 11.3 Å². The van der Waals surface area contributed by atoms with Crippen molar-refractivity contribution in [2.24, 2.45) is 0 Å². The number of nitrogens with one attached hydrogen (secondary N) is 1. The zero-order valence-electron chi connectivity index (χ0n) is 17.1. The molecule has 0 radical (unpaired) electrons. The van der Waals surface area contributed by atoms with Crippen LogP contribution >= 0.6 is 11.3 Å². The second kappa shape index (κ2) is 9.23. The number of nitrogens with zero attached hydrogens (tertiary/aromatic N) is 4. The number of rotatable bonds is 5. The normalized spacial score (nSPS) is 13.9. The van der Waals surface area contributed by atoms with Crippen molar-refractivity contribution in [3.05, 3.63) is 59.2 Å². The Hall–Kier alpha value is -3.30. The van der Waals surface area contributed by atoms with Crippen molar-refractivity contribution >= 4 is 34.0 Å². The van der Waals surface area contributed by atoms with Gasteiger partial charge in [-0.15, -0.1) is 11.3 Å². The van der Waals surface area contributed by atoms with Crippen molar-refractivity contribution in [1.82, 2.24) is 14.9 Å². The van der Waals surface area contributed by atoms with E-state index in [4.69, 9.17) is 0 Å². The number of anilines is 2. The van der Waals surface area contributed by atoms with Crippen LogP contribution in [0.5, 0.6) is 0 Å². The third kappa shape index (κ3) is 4.57. The van der Waals surface area contributed by atoms with Gasteiger partial charge in [-0.2, -0.15) is 0 Å². The van der Waals surface area contributed by atoms with Gasteiger partial charge in [0.1, 0.15) is 0 Å². The molecule has 1 aliphatic rings. The highest BCUT2D eigenvalue weighted by Gasteiger charge is 2.24. The molecule has 1 aromatic carbocycles. The summed E-state index contributed by atoms with van der Waals surface area (Å²) in [4.78, 5) is 37.3. The van der Waals surface area contributed by atoms with E-state index >= 15 is 0 Å². The summed E-state index contributed by atoms with van der Waals surface area (Å²) >= 11 is 1.32. The topological polar surface area (TPSA) is 98.7 Å². The van der Waals surface area contributed by atoms with Gasteiger partial charge in [0.15, 0.2) is 10.8 Å². The molecule has 2 N–H and O–H groups in total. The smallest absolute Gasteiger partial charge is 0.278 e. The van der Waals surface area contributed by atoms with Crippen molar-refractivity contribution in [3.63, 3.8) is 0 Å². The lowest BCUT2D eigenvalue weighted by Crippen LogP contribution is -2.48. The maximum absolute atomic E-state index is 13.0. The third-order valence-electron chi connectivity index (χ3n) is 5.26. The van der Waals surface area contributed by atoms with E-state index in [1.54, 1.807) is 24.1 Å². The van der Waals surface area contributed by atoms with Gasteiger partial charge in [0.25, 0.3) is 5.91 Å². The number of aromatic nitrogens is 2. The number of piperazine rings is 1. The van der Waals surface area contributed by atoms with Crippen LogP contribution in [0.15, 0.2) is 48.0 Å². The molecular weight excluding hydrogens is 414 g/mol. The molecule has 1 aliphatic heterocycles. The molecule has 8 nitrogen and oxygen atoms in total. The lowest BCUT2D eigenvalue weighted by atomic mass is 10.1. The van der Waals surface area contributed by atoms with Crippen LogP contribution in [0.3, 0.4) is 0 Å². The monoisotopic (exact) mass is 437 g/mol. The number of aliphatic hydroxyl groups excluding tert-OH is 1. The fourth-order valence-corrected chi connectivity index (χ4v) is 4.31. The van der Waals surface area contributed by atoms with Crippen molar-refractivity contribution in [2.75, 3.05) is 36.4 Å². The summed E-state index contributed by atoms with van der Waals surface area (Å²) < 4.78 is 0. The van der Waals surface area contributed by atoms with Gasteiger partial charge < -0.3 is 14.9 Å². The molecule has 9 heteroatoms. The number of carbonyl (C=O) groups excluding carboxylic acids is 2. The number of hydrogen-bond acceptors (Lipinski definition) is 7. The molecule has 0 aliphatic carbocycles. The Kier molecular flexibility index (Phi) is 6.24. The highest BCUT2D eigenvalue weighted by atomic mass is 32.1. The van der Waals surface area contributed by atoms with E-state index in [0.29, 0.717) is 42.7 Å². The Morgan fingerprint density at radius 1 is 1.13 bits per heavy atom. The number of aliphatic hydroxyl groups is 1. The first-order valence-electron chi connectivity index (χ1n) is 9.98. The first kappa shape index (κ1) is 21.0. The van der Waals surface area contributed by atoms with E-state index in [2.05, 4.69) is 20.2 Å². The maximum atomic E-state index is 13.0. The average Bonchev–Trinajstić information content (AvgIpc) is 3.27. The second-order valence-corrected chi connectivity index (χ2v) is 8.03. The highest BCUT2D eigenvalue weighted by Crippen LogP contribution is 2.28. The second-order valence-electron chi connectivity index (χ2n) is 7.17. The van der Waals surface area contributed by atoms with Crippen LogP contribution in [0.2, 0.25) is 0 Å². The van der Waals surface area contributed by atoms with Crippen molar-refractivity contribution in [1.29, 1.82) is 0 Å². The van der Waals surface area contributed by atoms with Crippen LogP contribution in [0, 0.1) is 0 Å². The van der Waals surface area contributed by atoms with E-state index in [0.717, 1.165) is 16.8 Å². The first-order chi connectivity index (χ1) is 15.1. The zero-order chi connectivity index (χ0) is 21.8. The van der Waals surface area contributed by atoms with Gasteiger partial charge in [0.05, 0.1) is 18.0 Å². The molecule has 3 heterocycles. The molecule has 1 fully saturated rings. The van der Waals surface area contributed by atoms with E-state index in [-0.39, 0.29) is 18.4 Å². The van der Waals surface area contributed by atoms with Gasteiger partial charge in [-0.25, -0.2) is 9.97 Å². The van der Waals surface area contributed by atoms with Gasteiger partial charge >= 0.3 is 0 Å². The molecule has 160 valence electrons. The molecule has 0 saturated carbocycles. The van der Waals surface area contributed by atoms with Crippen LogP contribution in [0.1, 0.15) is 23.0 Å². The highest BCUT2D eigenvalue weighted by molar-refractivity contribution is 7.14. The maximum Gasteiger partial charge on any atom is 0.278 e. The minimum Gasteiger partial charge on any atom is -0.392 e. The summed E-state index contributed by atoms with van der Waals surface area (Å²) in [5.41, 5.74) is 3.38. The number of benzene rings is 1. The molecule has 0 bridgehead atoms. The zero-order valence-corrected chi connectivity index (χ0v) is 17.9. The summed E-state index contributed by atoms with van der Waals surface area (Å²) in [6, 6.07) is 11.2. The standard InChI is InChI=1S/C22H23N5O3S/c1-15(29)26-9-11-27(12-10-26)19-7-4-8-23-20(19)21(30)25-22-24-18(14-31-22)17-6-3-2-5-16(17)13-28/h2-8,14,28H,9-13H2,1H3,(H,24,25,30). The van der Waals surface area contributed by atoms with Crippen LogP contribution in [0.4, 0.5) is 10.8 Å². The van der Waals surface area contributed by atoms with Gasteiger partial charge in [0, 0.05) is 50.2 Å². The minimum absolute atomic E-state index is 0.0612. The molecule has 4 rings (SSSR count). The number of thiazole rings is 1. The molecule has 0 atom stereocenters. The van der Waals surface area contributed by atoms with E-state index in [9.17, 15) is 14.7 Å². The molecule has 3 aromatic rings. The Morgan fingerprint density at radius 2 is 1.90 bits per heavy atom. The average molecular weight is 438 g/mol. The fraction of sp³-hybridized carbons (Fsp3) is 0.273. The van der Waals surface area contributed by atoms with Crippen molar-refractivity contribution in [2.45, 2.75) is 13.5 Å². The number of pyridine rings is 1. The predicted octanol–water partition coefficient (Wildman–Crippen LogP) is 2.62. The first-order valence-corrected chi connectivity index (χ1v) is 10.9. The minimum atomic E-state index is -0.332.